The summed E-state index contributed by atoms with van der Waals surface area (Å²) in [6.07, 6.45) is 1.57. The van der Waals surface area contributed by atoms with Gasteiger partial charge in [-0.1, -0.05) is 20.8 Å². The number of pyridine rings is 1. The Morgan fingerprint density at radius 3 is 2.57 bits per heavy atom. The Kier molecular flexibility index (Phi) is 3.86. The van der Waals surface area contributed by atoms with Gasteiger partial charge in [-0.3, -0.25) is 10.1 Å². The Bertz CT molecular complexity index is 692. The molecule has 0 atom stereocenters. The van der Waals surface area contributed by atoms with E-state index in [1.807, 2.05) is 20.8 Å². The fraction of sp³-hybridized carbons (Fsp3) is 0.417. The van der Waals surface area contributed by atoms with Gasteiger partial charge in [0.25, 0.3) is 0 Å². The molecule has 2 aromatic heterocycles. The first-order valence-corrected chi connectivity index (χ1v) is 7.01. The van der Waals surface area contributed by atoms with Crippen LogP contribution in [0.2, 0.25) is 0 Å². The first-order chi connectivity index (χ1) is 9.70. The van der Waals surface area contributed by atoms with Crippen molar-refractivity contribution in [2.24, 2.45) is 0 Å². The van der Waals surface area contributed by atoms with Gasteiger partial charge in [-0.25, -0.2) is 9.66 Å². The van der Waals surface area contributed by atoms with Gasteiger partial charge in [-0.2, -0.15) is 0 Å². The summed E-state index contributed by atoms with van der Waals surface area (Å²) >= 11 is 1.03. The van der Waals surface area contributed by atoms with Crippen molar-refractivity contribution >= 4 is 17.4 Å². The summed E-state index contributed by atoms with van der Waals surface area (Å²) in [5, 5.41) is 19.7. The quantitative estimate of drug-likeness (QED) is 0.524. The van der Waals surface area contributed by atoms with E-state index in [-0.39, 0.29) is 16.1 Å². The number of nitro groups is 1. The second-order valence-corrected chi connectivity index (χ2v) is 6.58. The normalized spacial score (nSPS) is 11.6. The molecule has 2 aromatic rings. The van der Waals surface area contributed by atoms with Crippen LogP contribution in [-0.4, -0.2) is 24.8 Å². The largest absolute Gasteiger partial charge is 0.336 e. The van der Waals surface area contributed by atoms with Gasteiger partial charge in [-0.05, 0) is 24.2 Å². The average Bonchev–Trinajstić information content (AvgIpc) is 2.72. The van der Waals surface area contributed by atoms with Gasteiger partial charge < -0.3 is 5.84 Å². The van der Waals surface area contributed by atoms with Gasteiger partial charge in [0.2, 0.25) is 5.16 Å². The maximum Gasteiger partial charge on any atom is 0.302 e. The molecule has 112 valence electrons. The first-order valence-electron chi connectivity index (χ1n) is 6.20. The van der Waals surface area contributed by atoms with E-state index in [4.69, 9.17) is 5.84 Å². The molecule has 2 rings (SSSR count). The molecule has 0 spiro atoms. The van der Waals surface area contributed by atoms with E-state index >= 15 is 0 Å². The highest BCUT2D eigenvalue weighted by molar-refractivity contribution is 7.99. The lowest BCUT2D eigenvalue weighted by Gasteiger charge is -2.16. The molecule has 0 saturated carbocycles. The van der Waals surface area contributed by atoms with E-state index in [1.54, 1.807) is 13.1 Å². The monoisotopic (exact) mass is 308 g/mol. The zero-order valence-corrected chi connectivity index (χ0v) is 13.0. The zero-order chi connectivity index (χ0) is 15.8. The summed E-state index contributed by atoms with van der Waals surface area (Å²) in [6, 6.07) is 1.47. The molecule has 0 unspecified atom stereocenters. The van der Waals surface area contributed by atoms with E-state index in [0.29, 0.717) is 11.0 Å². The highest BCUT2D eigenvalue weighted by Gasteiger charge is 2.25. The van der Waals surface area contributed by atoms with E-state index < -0.39 is 4.92 Å². The van der Waals surface area contributed by atoms with Crippen LogP contribution in [0.4, 0.5) is 5.69 Å². The Hall–Kier alpha value is -2.16. The van der Waals surface area contributed by atoms with Crippen LogP contribution < -0.4 is 5.84 Å². The highest BCUT2D eigenvalue weighted by Crippen LogP contribution is 2.33. The summed E-state index contributed by atoms with van der Waals surface area (Å²) in [6.45, 7) is 7.63. The number of nitrogen functional groups attached to an aromatic ring is 1. The SMILES string of the molecule is Cc1cnc(Sc2nnc(C(C)(C)C)n2N)c([N+](=O)[O-])c1. The fourth-order valence-corrected chi connectivity index (χ4v) is 2.48. The van der Waals surface area contributed by atoms with Gasteiger partial charge in [0.15, 0.2) is 10.9 Å². The number of hydrogen-bond donors (Lipinski definition) is 1. The van der Waals surface area contributed by atoms with Crippen LogP contribution in [0.5, 0.6) is 0 Å². The molecule has 0 aliphatic rings. The Balaban J connectivity index is 2.40. The van der Waals surface area contributed by atoms with Crippen molar-refractivity contribution < 1.29 is 4.92 Å². The lowest BCUT2D eigenvalue weighted by Crippen LogP contribution is -2.24. The van der Waals surface area contributed by atoms with Crippen LogP contribution in [0.1, 0.15) is 32.2 Å². The zero-order valence-electron chi connectivity index (χ0n) is 12.2. The van der Waals surface area contributed by atoms with E-state index in [1.165, 1.54) is 10.7 Å². The van der Waals surface area contributed by atoms with Crippen LogP contribution in [0.15, 0.2) is 22.4 Å². The standard InChI is InChI=1S/C12H16N6O2S/c1-7-5-8(18(19)20)9(14-6-7)21-11-16-15-10(17(11)13)12(2,3)4/h5-6H,13H2,1-4H3. The summed E-state index contributed by atoms with van der Waals surface area (Å²) in [7, 11) is 0. The third kappa shape index (κ3) is 3.13. The lowest BCUT2D eigenvalue weighted by molar-refractivity contribution is -0.388. The third-order valence-electron chi connectivity index (χ3n) is 2.69. The topological polar surface area (TPSA) is 113 Å². The van der Waals surface area contributed by atoms with Crippen molar-refractivity contribution in [2.75, 3.05) is 5.84 Å². The van der Waals surface area contributed by atoms with Crippen molar-refractivity contribution in [1.29, 1.82) is 0 Å². The number of nitrogens with zero attached hydrogens (tertiary/aromatic N) is 5. The summed E-state index contributed by atoms with van der Waals surface area (Å²) in [5.74, 6) is 6.56. The predicted molar refractivity (Wildman–Crippen MR) is 78.6 cm³/mol. The molecule has 2 heterocycles. The van der Waals surface area contributed by atoms with Gasteiger partial charge in [0, 0.05) is 17.7 Å². The molecule has 8 nitrogen and oxygen atoms in total. The Labute approximate surface area is 125 Å². The minimum atomic E-state index is -0.468. The molecule has 0 aliphatic carbocycles. The molecule has 0 amide bonds. The molecule has 21 heavy (non-hydrogen) atoms. The van der Waals surface area contributed by atoms with Crippen LogP contribution in [0.25, 0.3) is 0 Å². The smallest absolute Gasteiger partial charge is 0.302 e. The van der Waals surface area contributed by atoms with Crippen molar-refractivity contribution in [3.05, 3.63) is 33.8 Å². The highest BCUT2D eigenvalue weighted by atomic mass is 32.2. The maximum atomic E-state index is 11.1. The fourth-order valence-electron chi connectivity index (χ4n) is 1.70. The maximum absolute atomic E-state index is 11.1. The minimum absolute atomic E-state index is 0.0692. The Morgan fingerprint density at radius 1 is 1.38 bits per heavy atom. The van der Waals surface area contributed by atoms with Crippen molar-refractivity contribution in [1.82, 2.24) is 19.9 Å². The number of rotatable bonds is 3. The third-order valence-corrected chi connectivity index (χ3v) is 3.66. The van der Waals surface area contributed by atoms with Crippen LogP contribution in [0, 0.1) is 17.0 Å². The van der Waals surface area contributed by atoms with Crippen LogP contribution >= 0.6 is 11.8 Å². The van der Waals surface area contributed by atoms with Crippen LogP contribution in [-0.2, 0) is 5.41 Å². The van der Waals surface area contributed by atoms with Crippen molar-refractivity contribution in [3.8, 4) is 0 Å². The molecule has 0 aliphatic heterocycles. The molecule has 0 fully saturated rings. The van der Waals surface area contributed by atoms with E-state index in [2.05, 4.69) is 15.2 Å². The van der Waals surface area contributed by atoms with Gasteiger partial charge in [0.05, 0.1) is 4.92 Å². The summed E-state index contributed by atoms with van der Waals surface area (Å²) < 4.78 is 1.34. The van der Waals surface area contributed by atoms with Gasteiger partial charge >= 0.3 is 5.69 Å². The second kappa shape index (κ2) is 5.32. The molecular formula is C12H16N6O2S. The molecule has 2 N–H and O–H groups in total. The minimum Gasteiger partial charge on any atom is -0.336 e. The number of nitrogens with two attached hydrogens (primary N) is 1. The molecule has 9 heteroatoms. The summed E-state index contributed by atoms with van der Waals surface area (Å²) in [4.78, 5) is 14.7. The predicted octanol–water partition coefficient (Wildman–Crippen LogP) is 2.05. The first kappa shape index (κ1) is 15.2. The second-order valence-electron chi connectivity index (χ2n) is 5.62. The number of aryl methyl sites for hydroxylation is 1. The Morgan fingerprint density at radius 2 is 2.05 bits per heavy atom. The average molecular weight is 308 g/mol. The van der Waals surface area contributed by atoms with E-state index in [0.717, 1.165) is 17.3 Å². The van der Waals surface area contributed by atoms with Gasteiger partial charge in [-0.15, -0.1) is 10.2 Å². The summed E-state index contributed by atoms with van der Waals surface area (Å²) in [5.41, 5.74) is 0.378. The molecule has 0 aromatic carbocycles. The van der Waals surface area contributed by atoms with Crippen LogP contribution in [0.3, 0.4) is 0 Å². The number of aromatic nitrogens is 4. The molecular weight excluding hydrogens is 292 g/mol. The van der Waals surface area contributed by atoms with Crippen molar-refractivity contribution in [3.63, 3.8) is 0 Å². The van der Waals surface area contributed by atoms with Gasteiger partial charge in [0.1, 0.15) is 0 Å². The van der Waals surface area contributed by atoms with Crippen molar-refractivity contribution in [2.45, 2.75) is 43.3 Å². The molecule has 0 bridgehead atoms. The van der Waals surface area contributed by atoms with E-state index in [9.17, 15) is 10.1 Å². The lowest BCUT2D eigenvalue weighted by atomic mass is 9.96. The number of hydrogen-bond acceptors (Lipinski definition) is 7. The molecule has 0 saturated heterocycles. The molecule has 0 radical (unpaired) electrons.